The standard InChI is InChI=1S/C15H20N6OS/c1-20(2)15-18-12(17-14(16)19-15)9-23-10-13(22)21(3)11-7-5-4-6-8-11/h4-8H,9-10H2,1-3H3,(H2,16,17,18,19). The van der Waals surface area contributed by atoms with Gasteiger partial charge in [-0.1, -0.05) is 18.2 Å². The summed E-state index contributed by atoms with van der Waals surface area (Å²) in [6.07, 6.45) is 0. The largest absolute Gasteiger partial charge is 0.368 e. The number of nitrogens with two attached hydrogens (primary N) is 1. The highest BCUT2D eigenvalue weighted by atomic mass is 32.2. The van der Waals surface area contributed by atoms with Crippen LogP contribution < -0.4 is 15.5 Å². The van der Waals surface area contributed by atoms with Gasteiger partial charge >= 0.3 is 0 Å². The van der Waals surface area contributed by atoms with Crippen molar-refractivity contribution < 1.29 is 4.79 Å². The van der Waals surface area contributed by atoms with E-state index in [0.29, 0.717) is 23.3 Å². The van der Waals surface area contributed by atoms with Crippen molar-refractivity contribution in [2.75, 3.05) is 42.4 Å². The minimum Gasteiger partial charge on any atom is -0.368 e. The van der Waals surface area contributed by atoms with E-state index in [1.165, 1.54) is 11.8 Å². The number of thioether (sulfide) groups is 1. The number of aromatic nitrogens is 3. The van der Waals surface area contributed by atoms with Crippen molar-refractivity contribution in [1.82, 2.24) is 15.0 Å². The van der Waals surface area contributed by atoms with Crippen LogP contribution in [0.15, 0.2) is 30.3 Å². The molecule has 2 aromatic rings. The molecule has 23 heavy (non-hydrogen) atoms. The van der Waals surface area contributed by atoms with Crippen molar-refractivity contribution in [3.05, 3.63) is 36.2 Å². The quantitative estimate of drug-likeness (QED) is 0.855. The molecule has 0 aliphatic carbocycles. The molecule has 2 rings (SSSR count). The van der Waals surface area contributed by atoms with Crippen LogP contribution in [0.1, 0.15) is 5.82 Å². The predicted molar refractivity (Wildman–Crippen MR) is 94.6 cm³/mol. The Kier molecular flexibility index (Phi) is 5.75. The van der Waals surface area contributed by atoms with E-state index in [2.05, 4.69) is 15.0 Å². The zero-order valence-corrected chi connectivity index (χ0v) is 14.2. The van der Waals surface area contributed by atoms with Gasteiger partial charge in [0, 0.05) is 26.8 Å². The summed E-state index contributed by atoms with van der Waals surface area (Å²) in [7, 11) is 5.44. The Morgan fingerprint density at radius 1 is 1.13 bits per heavy atom. The van der Waals surface area contributed by atoms with Crippen LogP contribution >= 0.6 is 11.8 Å². The van der Waals surface area contributed by atoms with Crippen LogP contribution in [-0.4, -0.2) is 47.8 Å². The van der Waals surface area contributed by atoms with E-state index < -0.39 is 0 Å². The summed E-state index contributed by atoms with van der Waals surface area (Å²) < 4.78 is 0. The Hall–Kier alpha value is -2.35. The van der Waals surface area contributed by atoms with Gasteiger partial charge in [0.05, 0.1) is 11.5 Å². The number of carbonyl (C=O) groups is 1. The molecule has 0 spiro atoms. The number of carbonyl (C=O) groups excluding carboxylic acids is 1. The smallest absolute Gasteiger partial charge is 0.236 e. The van der Waals surface area contributed by atoms with Gasteiger partial charge in [-0.05, 0) is 12.1 Å². The van der Waals surface area contributed by atoms with Crippen molar-refractivity contribution in [1.29, 1.82) is 0 Å². The number of hydrogen-bond donors (Lipinski definition) is 1. The molecule has 8 heteroatoms. The molecule has 0 saturated carbocycles. The third-order valence-corrected chi connectivity index (χ3v) is 3.97. The van der Waals surface area contributed by atoms with E-state index in [9.17, 15) is 4.79 Å². The Labute approximate surface area is 139 Å². The molecule has 0 radical (unpaired) electrons. The molecule has 0 unspecified atom stereocenters. The van der Waals surface area contributed by atoms with Crippen molar-refractivity contribution in [2.45, 2.75) is 5.75 Å². The molecule has 7 nitrogen and oxygen atoms in total. The third kappa shape index (κ3) is 4.82. The molecule has 122 valence electrons. The minimum absolute atomic E-state index is 0.0241. The summed E-state index contributed by atoms with van der Waals surface area (Å²) in [5.41, 5.74) is 6.55. The minimum atomic E-state index is 0.0241. The van der Waals surface area contributed by atoms with E-state index in [1.54, 1.807) is 16.8 Å². The lowest BCUT2D eigenvalue weighted by molar-refractivity contribution is -0.115. The fourth-order valence-electron chi connectivity index (χ4n) is 1.81. The summed E-state index contributed by atoms with van der Waals surface area (Å²) in [6, 6.07) is 9.53. The molecule has 0 saturated heterocycles. The van der Waals surface area contributed by atoms with Gasteiger partial charge in [-0.15, -0.1) is 11.8 Å². The first-order chi connectivity index (χ1) is 11.0. The van der Waals surface area contributed by atoms with Crippen LogP contribution in [0.25, 0.3) is 0 Å². The van der Waals surface area contributed by atoms with Gasteiger partial charge in [0.25, 0.3) is 0 Å². The molecule has 1 heterocycles. The second kappa shape index (κ2) is 7.77. The number of nitrogens with zero attached hydrogens (tertiary/aromatic N) is 5. The van der Waals surface area contributed by atoms with Crippen LogP contribution in [0.2, 0.25) is 0 Å². The number of rotatable bonds is 6. The van der Waals surface area contributed by atoms with Crippen LogP contribution in [0.4, 0.5) is 17.6 Å². The monoisotopic (exact) mass is 332 g/mol. The first kappa shape index (κ1) is 17.0. The van der Waals surface area contributed by atoms with Crippen LogP contribution in [0, 0.1) is 0 Å². The molecule has 0 bridgehead atoms. The number of hydrogen-bond acceptors (Lipinski definition) is 7. The van der Waals surface area contributed by atoms with E-state index in [0.717, 1.165) is 5.69 Å². The molecule has 0 aliphatic rings. The number of para-hydroxylation sites is 1. The number of nitrogen functional groups attached to an aromatic ring is 1. The van der Waals surface area contributed by atoms with Crippen molar-refractivity contribution in [3.63, 3.8) is 0 Å². The summed E-state index contributed by atoms with van der Waals surface area (Å²) in [5, 5.41) is 0. The van der Waals surface area contributed by atoms with E-state index in [1.807, 2.05) is 44.4 Å². The highest BCUT2D eigenvalue weighted by Gasteiger charge is 2.12. The fraction of sp³-hybridized carbons (Fsp3) is 0.333. The normalized spacial score (nSPS) is 10.4. The second-order valence-corrected chi connectivity index (χ2v) is 6.07. The van der Waals surface area contributed by atoms with Crippen molar-refractivity contribution >= 4 is 35.3 Å². The van der Waals surface area contributed by atoms with Crippen LogP contribution in [-0.2, 0) is 10.5 Å². The lowest BCUT2D eigenvalue weighted by Crippen LogP contribution is -2.27. The maximum atomic E-state index is 12.2. The van der Waals surface area contributed by atoms with E-state index in [4.69, 9.17) is 5.73 Å². The topological polar surface area (TPSA) is 88.2 Å². The number of anilines is 3. The maximum Gasteiger partial charge on any atom is 0.236 e. The Morgan fingerprint density at radius 3 is 2.48 bits per heavy atom. The molecule has 1 aromatic carbocycles. The molecule has 0 fully saturated rings. The molecule has 0 atom stereocenters. The van der Waals surface area contributed by atoms with Gasteiger partial charge in [-0.25, -0.2) is 0 Å². The van der Waals surface area contributed by atoms with Gasteiger partial charge < -0.3 is 15.5 Å². The Morgan fingerprint density at radius 2 is 1.83 bits per heavy atom. The van der Waals surface area contributed by atoms with Crippen molar-refractivity contribution in [3.8, 4) is 0 Å². The zero-order valence-electron chi connectivity index (χ0n) is 13.4. The van der Waals surface area contributed by atoms with E-state index >= 15 is 0 Å². The van der Waals surface area contributed by atoms with Crippen molar-refractivity contribution in [2.24, 2.45) is 0 Å². The Balaban J connectivity index is 1.91. The lowest BCUT2D eigenvalue weighted by Gasteiger charge is -2.17. The number of amides is 1. The van der Waals surface area contributed by atoms with Gasteiger partial charge in [-0.2, -0.15) is 15.0 Å². The highest BCUT2D eigenvalue weighted by molar-refractivity contribution is 7.99. The predicted octanol–water partition coefficient (Wildman–Crippen LogP) is 1.42. The molecular formula is C15H20N6OS. The van der Waals surface area contributed by atoms with Crippen LogP contribution in [0.5, 0.6) is 0 Å². The maximum absolute atomic E-state index is 12.2. The summed E-state index contributed by atoms with van der Waals surface area (Å²) >= 11 is 1.45. The highest BCUT2D eigenvalue weighted by Crippen LogP contribution is 2.16. The van der Waals surface area contributed by atoms with E-state index in [-0.39, 0.29) is 11.9 Å². The molecule has 2 N–H and O–H groups in total. The van der Waals surface area contributed by atoms with Gasteiger partial charge in [-0.3, -0.25) is 4.79 Å². The fourth-order valence-corrected chi connectivity index (χ4v) is 2.59. The summed E-state index contributed by atoms with van der Waals surface area (Å²) in [5.74, 6) is 2.14. The summed E-state index contributed by atoms with van der Waals surface area (Å²) in [6.45, 7) is 0. The average Bonchev–Trinajstić information content (AvgIpc) is 2.54. The zero-order chi connectivity index (χ0) is 16.8. The average molecular weight is 332 g/mol. The Bertz CT molecular complexity index is 664. The van der Waals surface area contributed by atoms with Gasteiger partial charge in [0.15, 0.2) is 0 Å². The van der Waals surface area contributed by atoms with Gasteiger partial charge in [0.1, 0.15) is 5.82 Å². The SMILES string of the molecule is CN(C)c1nc(N)nc(CSCC(=O)N(C)c2ccccc2)n1. The second-order valence-electron chi connectivity index (χ2n) is 5.09. The summed E-state index contributed by atoms with van der Waals surface area (Å²) in [4.78, 5) is 28.0. The molecular weight excluding hydrogens is 312 g/mol. The van der Waals surface area contributed by atoms with Gasteiger partial charge in [0.2, 0.25) is 17.8 Å². The molecule has 1 amide bonds. The third-order valence-electron chi connectivity index (χ3n) is 3.06. The lowest BCUT2D eigenvalue weighted by atomic mass is 10.3. The molecule has 0 aliphatic heterocycles. The number of benzene rings is 1. The first-order valence-corrected chi connectivity index (χ1v) is 8.20. The molecule has 1 aromatic heterocycles. The first-order valence-electron chi connectivity index (χ1n) is 7.04. The van der Waals surface area contributed by atoms with Crippen LogP contribution in [0.3, 0.4) is 0 Å².